The molecule has 0 radical (unpaired) electrons. The first-order chi connectivity index (χ1) is 10.3. The number of pyridine rings is 1. The highest BCUT2D eigenvalue weighted by Crippen LogP contribution is 2.29. The van der Waals surface area contributed by atoms with Crippen LogP contribution in [0.15, 0.2) is 53.3 Å². The van der Waals surface area contributed by atoms with E-state index < -0.39 is 0 Å². The van der Waals surface area contributed by atoms with Crippen molar-refractivity contribution in [1.29, 1.82) is 0 Å². The summed E-state index contributed by atoms with van der Waals surface area (Å²) >= 11 is 3.55. The molecule has 0 bridgehead atoms. The molecule has 0 saturated heterocycles. The Kier molecular flexibility index (Phi) is 4.22. The molecule has 3 aromatic rings. The Hall–Kier alpha value is -1.85. The van der Waals surface area contributed by atoms with E-state index in [2.05, 4.69) is 32.3 Å². The summed E-state index contributed by atoms with van der Waals surface area (Å²) in [6, 6.07) is 12.0. The highest BCUT2D eigenvalue weighted by atomic mass is 79.9. The van der Waals surface area contributed by atoms with Crippen molar-refractivity contribution in [3.05, 3.63) is 64.5 Å². The summed E-state index contributed by atoms with van der Waals surface area (Å²) < 4.78 is 8.92. The van der Waals surface area contributed by atoms with E-state index in [1.54, 1.807) is 0 Å². The number of halogens is 1. The van der Waals surface area contributed by atoms with Gasteiger partial charge in [-0.05, 0) is 41.2 Å². The first-order valence-electron chi connectivity index (χ1n) is 6.75. The van der Waals surface area contributed by atoms with Crippen molar-refractivity contribution >= 4 is 21.6 Å². The van der Waals surface area contributed by atoms with E-state index in [1.807, 2.05) is 54.2 Å². The second kappa shape index (κ2) is 6.28. The van der Waals surface area contributed by atoms with Gasteiger partial charge < -0.3 is 14.5 Å². The smallest absolute Gasteiger partial charge is 0.138 e. The summed E-state index contributed by atoms with van der Waals surface area (Å²) in [5.74, 6) is 0.865. The standard InChI is InChI=1S/C16H16BrN3O/c1-18-9-12-5-4-6-14(17)16(12)21-11-13-10-20-8-3-2-7-15(20)19-13/h2-8,10,18H,9,11H2,1H3. The molecule has 0 aliphatic carbocycles. The van der Waals surface area contributed by atoms with Crippen LogP contribution < -0.4 is 10.1 Å². The Morgan fingerprint density at radius 2 is 2.14 bits per heavy atom. The molecule has 0 saturated carbocycles. The van der Waals surface area contributed by atoms with Crippen molar-refractivity contribution in [3.63, 3.8) is 0 Å². The van der Waals surface area contributed by atoms with E-state index in [0.29, 0.717) is 6.61 Å². The number of benzene rings is 1. The summed E-state index contributed by atoms with van der Waals surface area (Å²) in [6.07, 6.45) is 3.97. The van der Waals surface area contributed by atoms with Crippen molar-refractivity contribution in [2.24, 2.45) is 0 Å². The van der Waals surface area contributed by atoms with Crippen molar-refractivity contribution in [2.75, 3.05) is 7.05 Å². The zero-order valence-corrected chi connectivity index (χ0v) is 13.3. The molecule has 1 N–H and O–H groups in total. The van der Waals surface area contributed by atoms with Crippen LogP contribution in [-0.4, -0.2) is 16.4 Å². The lowest BCUT2D eigenvalue weighted by atomic mass is 10.2. The van der Waals surface area contributed by atoms with Gasteiger partial charge in [0.25, 0.3) is 0 Å². The van der Waals surface area contributed by atoms with Crippen LogP contribution in [0, 0.1) is 0 Å². The van der Waals surface area contributed by atoms with Crippen LogP contribution in [0.1, 0.15) is 11.3 Å². The van der Waals surface area contributed by atoms with Gasteiger partial charge >= 0.3 is 0 Å². The molecule has 0 unspecified atom stereocenters. The highest BCUT2D eigenvalue weighted by molar-refractivity contribution is 9.10. The van der Waals surface area contributed by atoms with Crippen molar-refractivity contribution < 1.29 is 4.74 Å². The first-order valence-corrected chi connectivity index (χ1v) is 7.54. The second-order valence-corrected chi connectivity index (χ2v) is 5.60. The summed E-state index contributed by atoms with van der Waals surface area (Å²) in [7, 11) is 1.92. The Labute approximate surface area is 131 Å². The number of hydrogen-bond donors (Lipinski definition) is 1. The molecule has 0 aliphatic heterocycles. The van der Waals surface area contributed by atoms with E-state index in [-0.39, 0.29) is 0 Å². The molecule has 0 fully saturated rings. The van der Waals surface area contributed by atoms with Crippen LogP contribution in [0.2, 0.25) is 0 Å². The molecule has 2 aromatic heterocycles. The maximum Gasteiger partial charge on any atom is 0.138 e. The van der Waals surface area contributed by atoms with Gasteiger partial charge in [-0.2, -0.15) is 0 Å². The average molecular weight is 346 g/mol. The third-order valence-electron chi connectivity index (χ3n) is 3.19. The molecule has 5 heteroatoms. The van der Waals surface area contributed by atoms with E-state index in [9.17, 15) is 0 Å². The maximum atomic E-state index is 5.97. The average Bonchev–Trinajstić information content (AvgIpc) is 2.90. The number of ether oxygens (including phenoxy) is 1. The quantitative estimate of drug-likeness (QED) is 0.770. The van der Waals surface area contributed by atoms with Crippen LogP contribution in [0.5, 0.6) is 5.75 Å². The van der Waals surface area contributed by atoms with E-state index in [4.69, 9.17) is 4.74 Å². The minimum Gasteiger partial charge on any atom is -0.486 e. The van der Waals surface area contributed by atoms with Gasteiger partial charge in [0, 0.05) is 24.5 Å². The minimum atomic E-state index is 0.445. The van der Waals surface area contributed by atoms with Gasteiger partial charge in [0.1, 0.15) is 18.0 Å². The SMILES string of the molecule is CNCc1cccc(Br)c1OCc1cn2ccccc2n1. The zero-order valence-electron chi connectivity index (χ0n) is 11.7. The summed E-state index contributed by atoms with van der Waals surface area (Å²) in [5.41, 5.74) is 2.96. The lowest BCUT2D eigenvalue weighted by molar-refractivity contribution is 0.296. The summed E-state index contributed by atoms with van der Waals surface area (Å²) in [4.78, 5) is 4.54. The lowest BCUT2D eigenvalue weighted by Crippen LogP contribution is -2.08. The normalized spacial score (nSPS) is 11.0. The molecule has 0 aliphatic rings. The Morgan fingerprint density at radius 3 is 2.95 bits per heavy atom. The van der Waals surface area contributed by atoms with E-state index in [1.165, 1.54) is 0 Å². The molecule has 21 heavy (non-hydrogen) atoms. The first kappa shape index (κ1) is 14.1. The topological polar surface area (TPSA) is 38.6 Å². The molecule has 108 valence electrons. The van der Waals surface area contributed by atoms with Gasteiger partial charge in [-0.15, -0.1) is 0 Å². The van der Waals surface area contributed by atoms with Crippen LogP contribution in [0.4, 0.5) is 0 Å². The number of aromatic nitrogens is 2. The van der Waals surface area contributed by atoms with Crippen LogP contribution in [-0.2, 0) is 13.2 Å². The van der Waals surface area contributed by atoms with Gasteiger partial charge in [0.15, 0.2) is 0 Å². The fourth-order valence-corrected chi connectivity index (χ4v) is 2.77. The molecule has 0 atom stereocenters. The zero-order chi connectivity index (χ0) is 14.7. The number of hydrogen-bond acceptors (Lipinski definition) is 3. The second-order valence-electron chi connectivity index (χ2n) is 4.75. The van der Waals surface area contributed by atoms with Gasteiger partial charge in [0.2, 0.25) is 0 Å². The number of rotatable bonds is 5. The molecule has 2 heterocycles. The van der Waals surface area contributed by atoms with Crippen molar-refractivity contribution in [1.82, 2.24) is 14.7 Å². The molecular formula is C16H16BrN3O. The molecule has 0 amide bonds. The van der Waals surface area contributed by atoms with E-state index in [0.717, 1.165) is 33.7 Å². The maximum absolute atomic E-state index is 5.97. The Balaban J connectivity index is 1.81. The molecule has 3 rings (SSSR count). The number of nitrogens with one attached hydrogen (secondary N) is 1. The van der Waals surface area contributed by atoms with Gasteiger partial charge in [-0.25, -0.2) is 4.98 Å². The summed E-state index contributed by atoms with van der Waals surface area (Å²) in [6.45, 7) is 1.21. The largest absolute Gasteiger partial charge is 0.486 e. The third-order valence-corrected chi connectivity index (χ3v) is 3.82. The summed E-state index contributed by atoms with van der Waals surface area (Å²) in [5, 5.41) is 3.15. The van der Waals surface area contributed by atoms with Crippen LogP contribution in [0.25, 0.3) is 5.65 Å². The Morgan fingerprint density at radius 1 is 1.24 bits per heavy atom. The van der Waals surface area contributed by atoms with Gasteiger partial charge in [-0.3, -0.25) is 0 Å². The van der Waals surface area contributed by atoms with Crippen molar-refractivity contribution in [2.45, 2.75) is 13.2 Å². The number of fused-ring (bicyclic) bond motifs is 1. The van der Waals surface area contributed by atoms with Gasteiger partial charge in [-0.1, -0.05) is 18.2 Å². The molecule has 0 spiro atoms. The van der Waals surface area contributed by atoms with Crippen LogP contribution in [0.3, 0.4) is 0 Å². The van der Waals surface area contributed by atoms with Crippen molar-refractivity contribution in [3.8, 4) is 5.75 Å². The monoisotopic (exact) mass is 345 g/mol. The molecular weight excluding hydrogens is 330 g/mol. The van der Waals surface area contributed by atoms with E-state index >= 15 is 0 Å². The highest BCUT2D eigenvalue weighted by Gasteiger charge is 2.09. The third kappa shape index (κ3) is 3.09. The van der Waals surface area contributed by atoms with Gasteiger partial charge in [0.05, 0.1) is 10.2 Å². The number of imidazole rings is 1. The fraction of sp³-hybridized carbons (Fsp3) is 0.188. The fourth-order valence-electron chi connectivity index (χ4n) is 2.25. The Bertz CT molecular complexity index is 721. The van der Waals surface area contributed by atoms with Crippen LogP contribution >= 0.6 is 15.9 Å². The molecule has 1 aromatic carbocycles. The minimum absolute atomic E-state index is 0.445. The number of para-hydroxylation sites is 1. The predicted molar refractivity (Wildman–Crippen MR) is 86.4 cm³/mol. The number of nitrogens with zero attached hydrogens (tertiary/aromatic N) is 2. The molecule has 4 nitrogen and oxygen atoms in total. The predicted octanol–water partition coefficient (Wildman–Crippen LogP) is 3.40. The lowest BCUT2D eigenvalue weighted by Gasteiger charge is -2.12.